The molecule has 2 aromatic heterocycles. The molecule has 0 unspecified atom stereocenters. The van der Waals surface area contributed by atoms with Gasteiger partial charge in [0.25, 0.3) is 0 Å². The zero-order chi connectivity index (χ0) is 31.5. The molecule has 1 fully saturated rings. The summed E-state index contributed by atoms with van der Waals surface area (Å²) in [5, 5.41) is 8.76. The Morgan fingerprint density at radius 1 is 0.977 bits per heavy atom. The van der Waals surface area contributed by atoms with Gasteiger partial charge in [0.05, 0.1) is 0 Å². The molecule has 4 rings (SSSR count). The first-order valence-electron chi connectivity index (χ1n) is 15.6. The van der Waals surface area contributed by atoms with Crippen LogP contribution in [0.4, 0.5) is 11.5 Å². The first kappa shape index (κ1) is 33.7. The van der Waals surface area contributed by atoms with Crippen molar-refractivity contribution in [2.45, 2.75) is 79.3 Å². The highest BCUT2D eigenvalue weighted by Crippen LogP contribution is 2.38. The van der Waals surface area contributed by atoms with E-state index in [1.54, 1.807) is 0 Å². The summed E-state index contributed by atoms with van der Waals surface area (Å²) in [6.45, 7) is 13.4. The second kappa shape index (κ2) is 16.2. The van der Waals surface area contributed by atoms with Crippen molar-refractivity contribution in [1.29, 1.82) is 0 Å². The van der Waals surface area contributed by atoms with Crippen molar-refractivity contribution >= 4 is 28.6 Å². The largest absolute Gasteiger partial charge is 0.392 e. The molecule has 1 aromatic carbocycles. The standard InChI is InChI=1S/C33H45N7O.C2H6/c1-8-40(29-11-9-28(10-12-29)39(6)7)32-17-25(26-18-36-24(4)37-19-26)16-31-30(32)13-14-35-33(31)38-20-27(21-41)22(2)15-23(3)34-5;1-2/h13-19,21,28-29,34H,8-12,20H2,1-7H3,(H,35,38);1-2H3/b23-15-,27-22-;. The highest BCUT2D eigenvalue weighted by Gasteiger charge is 2.28. The maximum absolute atomic E-state index is 12.0. The summed E-state index contributed by atoms with van der Waals surface area (Å²) in [5.74, 6) is 1.50. The molecule has 43 heavy (non-hydrogen) atoms. The van der Waals surface area contributed by atoms with Gasteiger partial charge in [-0.25, -0.2) is 15.0 Å². The number of nitrogens with one attached hydrogen (secondary N) is 2. The lowest BCUT2D eigenvalue weighted by molar-refractivity contribution is -0.104. The predicted molar refractivity (Wildman–Crippen MR) is 182 cm³/mol. The summed E-state index contributed by atoms with van der Waals surface area (Å²) in [7, 11) is 6.25. The zero-order valence-corrected chi connectivity index (χ0v) is 27.7. The van der Waals surface area contributed by atoms with Crippen LogP contribution in [-0.2, 0) is 4.79 Å². The lowest BCUT2D eigenvalue weighted by atomic mass is 9.88. The van der Waals surface area contributed by atoms with Gasteiger partial charge in [0.15, 0.2) is 0 Å². The lowest BCUT2D eigenvalue weighted by Gasteiger charge is -2.40. The molecule has 3 aromatic rings. The first-order chi connectivity index (χ1) is 20.7. The highest BCUT2D eigenvalue weighted by molar-refractivity contribution is 6.03. The Hall–Kier alpha value is -3.78. The molecule has 8 nitrogen and oxygen atoms in total. The van der Waals surface area contributed by atoms with E-state index in [9.17, 15) is 4.79 Å². The smallest absolute Gasteiger partial charge is 0.148 e. The van der Waals surface area contributed by atoms with Gasteiger partial charge in [-0.3, -0.25) is 4.79 Å². The number of aryl methyl sites for hydroxylation is 1. The molecule has 232 valence electrons. The lowest BCUT2D eigenvalue weighted by Crippen LogP contribution is -2.42. The van der Waals surface area contributed by atoms with Gasteiger partial charge < -0.3 is 20.4 Å². The van der Waals surface area contributed by atoms with Crippen LogP contribution in [0.1, 0.15) is 66.1 Å². The molecular weight excluding hydrogens is 534 g/mol. The van der Waals surface area contributed by atoms with Gasteiger partial charge in [-0.05, 0) is 103 Å². The number of hydrogen-bond acceptors (Lipinski definition) is 8. The maximum atomic E-state index is 12.0. The second-order valence-electron chi connectivity index (χ2n) is 11.2. The molecule has 2 N–H and O–H groups in total. The molecule has 0 aliphatic heterocycles. The van der Waals surface area contributed by atoms with Crippen molar-refractivity contribution in [3.63, 3.8) is 0 Å². The number of carbonyl (C=O) groups is 1. The van der Waals surface area contributed by atoms with Crippen LogP contribution in [0.2, 0.25) is 0 Å². The van der Waals surface area contributed by atoms with Gasteiger partial charge in [0, 0.05) is 84.1 Å². The van der Waals surface area contributed by atoms with Crippen LogP contribution in [0.25, 0.3) is 21.9 Å². The SMILES string of the molecule is CC.CCN(c1cc(-c2cnc(C)nc2)cc2c(NC/C(C=O)=C(C)/C=C(/C)NC)nccc12)C1CCC(N(C)C)CC1. The average molecular weight is 586 g/mol. The molecule has 0 spiro atoms. The van der Waals surface area contributed by atoms with E-state index in [1.165, 1.54) is 31.4 Å². The van der Waals surface area contributed by atoms with E-state index in [4.69, 9.17) is 4.98 Å². The minimum Gasteiger partial charge on any atom is -0.392 e. The van der Waals surface area contributed by atoms with Crippen LogP contribution in [0.3, 0.4) is 0 Å². The third-order valence-corrected chi connectivity index (χ3v) is 8.38. The van der Waals surface area contributed by atoms with E-state index in [2.05, 4.69) is 69.6 Å². The van der Waals surface area contributed by atoms with Crippen LogP contribution >= 0.6 is 0 Å². The van der Waals surface area contributed by atoms with Crippen LogP contribution in [0.5, 0.6) is 0 Å². The van der Waals surface area contributed by atoms with Gasteiger partial charge in [0.2, 0.25) is 0 Å². The number of benzene rings is 1. The molecule has 0 radical (unpaired) electrons. The van der Waals surface area contributed by atoms with E-state index < -0.39 is 0 Å². The summed E-state index contributed by atoms with van der Waals surface area (Å²) in [5.41, 5.74) is 5.84. The van der Waals surface area contributed by atoms with Crippen LogP contribution in [0, 0.1) is 6.92 Å². The molecule has 0 bridgehead atoms. The molecular formula is C35H51N7O. The van der Waals surface area contributed by atoms with E-state index in [0.717, 1.165) is 57.6 Å². The predicted octanol–water partition coefficient (Wildman–Crippen LogP) is 6.78. The Balaban J connectivity index is 0.00000248. The van der Waals surface area contributed by atoms with Crippen molar-refractivity contribution in [1.82, 2.24) is 25.2 Å². The number of aldehydes is 1. The molecule has 1 aliphatic rings. The number of allylic oxidation sites excluding steroid dienone is 3. The molecule has 0 saturated heterocycles. The second-order valence-corrected chi connectivity index (χ2v) is 11.2. The molecule has 2 heterocycles. The minimum absolute atomic E-state index is 0.383. The van der Waals surface area contributed by atoms with E-state index in [0.29, 0.717) is 24.2 Å². The molecule has 0 atom stereocenters. The number of pyridine rings is 1. The summed E-state index contributed by atoms with van der Waals surface area (Å²) in [4.78, 5) is 30.6. The monoisotopic (exact) mass is 585 g/mol. The number of fused-ring (bicyclic) bond motifs is 1. The fourth-order valence-corrected chi connectivity index (χ4v) is 5.81. The van der Waals surface area contributed by atoms with E-state index in [-0.39, 0.29) is 0 Å². The third-order valence-electron chi connectivity index (χ3n) is 8.38. The van der Waals surface area contributed by atoms with Gasteiger partial charge in [-0.1, -0.05) is 13.8 Å². The van der Waals surface area contributed by atoms with E-state index in [1.807, 2.05) is 66.3 Å². The zero-order valence-electron chi connectivity index (χ0n) is 27.7. The minimum atomic E-state index is 0.383. The maximum Gasteiger partial charge on any atom is 0.148 e. The van der Waals surface area contributed by atoms with Crippen molar-refractivity contribution < 1.29 is 4.79 Å². The Bertz CT molecular complexity index is 1400. The van der Waals surface area contributed by atoms with Crippen molar-refractivity contribution in [2.75, 3.05) is 44.4 Å². The number of carbonyl (C=O) groups excluding carboxylic acids is 1. The first-order valence-corrected chi connectivity index (χ1v) is 15.6. The van der Waals surface area contributed by atoms with Crippen LogP contribution in [0.15, 0.2) is 59.7 Å². The fraction of sp³-hybridized carbons (Fsp3) is 0.486. The Morgan fingerprint density at radius 2 is 1.63 bits per heavy atom. The van der Waals surface area contributed by atoms with Gasteiger partial charge in [0.1, 0.15) is 17.9 Å². The Morgan fingerprint density at radius 3 is 2.21 bits per heavy atom. The number of aromatic nitrogens is 3. The third kappa shape index (κ3) is 8.41. The van der Waals surface area contributed by atoms with Crippen molar-refractivity contribution in [2.24, 2.45) is 0 Å². The van der Waals surface area contributed by atoms with E-state index >= 15 is 0 Å². The molecule has 0 amide bonds. The van der Waals surface area contributed by atoms with Crippen LogP contribution in [-0.4, -0.2) is 72.5 Å². The Kier molecular flexibility index (Phi) is 12.7. The average Bonchev–Trinajstić information content (AvgIpc) is 3.03. The number of hydrogen-bond donors (Lipinski definition) is 2. The molecule has 8 heteroatoms. The number of rotatable bonds is 11. The number of anilines is 2. The highest BCUT2D eigenvalue weighted by atomic mass is 16.1. The number of nitrogens with zero attached hydrogens (tertiary/aromatic N) is 5. The van der Waals surface area contributed by atoms with Crippen molar-refractivity contribution in [3.05, 3.63) is 65.5 Å². The van der Waals surface area contributed by atoms with Gasteiger partial charge >= 0.3 is 0 Å². The summed E-state index contributed by atoms with van der Waals surface area (Å²) in [6.07, 6.45) is 13.3. The van der Waals surface area contributed by atoms with Crippen LogP contribution < -0.4 is 15.5 Å². The Labute approximate surface area is 258 Å². The quantitative estimate of drug-likeness (QED) is 0.145. The molecule has 1 aliphatic carbocycles. The summed E-state index contributed by atoms with van der Waals surface area (Å²) < 4.78 is 0. The van der Waals surface area contributed by atoms with Gasteiger partial charge in [-0.15, -0.1) is 0 Å². The topological polar surface area (TPSA) is 86.3 Å². The summed E-state index contributed by atoms with van der Waals surface area (Å²) >= 11 is 0. The van der Waals surface area contributed by atoms with Crippen molar-refractivity contribution in [3.8, 4) is 11.1 Å². The van der Waals surface area contributed by atoms with Gasteiger partial charge in [-0.2, -0.15) is 0 Å². The summed E-state index contributed by atoms with van der Waals surface area (Å²) in [6, 6.07) is 7.69. The molecule has 1 saturated carbocycles. The normalized spacial score (nSPS) is 17.6. The fourth-order valence-electron chi connectivity index (χ4n) is 5.81.